The van der Waals surface area contributed by atoms with Crippen LogP contribution in [-0.2, 0) is 6.61 Å². The van der Waals surface area contributed by atoms with Crippen LogP contribution in [0.1, 0.15) is 22.5 Å². The molecule has 3 aromatic heterocycles. The van der Waals surface area contributed by atoms with Crippen molar-refractivity contribution in [3.63, 3.8) is 0 Å². The summed E-state index contributed by atoms with van der Waals surface area (Å²) in [5.74, 6) is 1.48. The average Bonchev–Trinajstić information content (AvgIpc) is 3.31. The summed E-state index contributed by atoms with van der Waals surface area (Å²) >= 11 is 0. The minimum Gasteiger partial charge on any atom is -0.485 e. The molecular formula is C22H20N6O. The van der Waals surface area contributed by atoms with Crippen LogP contribution in [0.3, 0.4) is 0 Å². The van der Waals surface area contributed by atoms with E-state index in [4.69, 9.17) is 4.74 Å². The summed E-state index contributed by atoms with van der Waals surface area (Å²) in [7, 11) is 0. The Kier molecular flexibility index (Phi) is 4.01. The summed E-state index contributed by atoms with van der Waals surface area (Å²) in [5, 5.41) is 9.89. The van der Waals surface area contributed by atoms with Crippen LogP contribution in [0, 0.1) is 20.8 Å². The molecule has 0 aliphatic heterocycles. The van der Waals surface area contributed by atoms with Gasteiger partial charge in [0.2, 0.25) is 0 Å². The Hall–Kier alpha value is -3.74. The Bertz CT molecular complexity index is 1330. The van der Waals surface area contributed by atoms with Crippen molar-refractivity contribution in [2.75, 3.05) is 0 Å². The van der Waals surface area contributed by atoms with Gasteiger partial charge in [-0.3, -0.25) is 0 Å². The van der Waals surface area contributed by atoms with Crippen LogP contribution in [0.25, 0.3) is 22.4 Å². The van der Waals surface area contributed by atoms with Crippen LogP contribution in [0.4, 0.5) is 0 Å². The number of nitrogens with zero attached hydrogens (tertiary/aromatic N) is 6. The highest BCUT2D eigenvalue weighted by molar-refractivity contribution is 5.89. The lowest BCUT2D eigenvalue weighted by Gasteiger charge is -2.09. The molecule has 7 nitrogen and oxygen atoms in total. The van der Waals surface area contributed by atoms with Gasteiger partial charge < -0.3 is 4.74 Å². The van der Waals surface area contributed by atoms with Gasteiger partial charge in [-0.15, -0.1) is 5.10 Å². The molecular weight excluding hydrogens is 364 g/mol. The predicted molar refractivity (Wildman–Crippen MR) is 110 cm³/mol. The summed E-state index contributed by atoms with van der Waals surface area (Å²) in [4.78, 5) is 9.23. The van der Waals surface area contributed by atoms with Crippen LogP contribution < -0.4 is 4.74 Å². The largest absolute Gasteiger partial charge is 0.485 e. The monoisotopic (exact) mass is 384 g/mol. The van der Waals surface area contributed by atoms with E-state index in [-0.39, 0.29) is 0 Å². The Morgan fingerprint density at radius 1 is 0.966 bits per heavy atom. The second-order valence-corrected chi connectivity index (χ2v) is 7.18. The summed E-state index contributed by atoms with van der Waals surface area (Å²) in [6.45, 7) is 6.42. The van der Waals surface area contributed by atoms with E-state index in [2.05, 4.69) is 39.2 Å². The standard InChI is InChI=1S/C22H20N6O/c1-14-6-4-9-17(10-14)28-21-18(11-24-28)22-25-19(26-27(22)13-23-21)12-29-20-15(2)7-5-8-16(20)3/h4-11,13H,12H2,1-3H3. The Labute approximate surface area is 167 Å². The first-order valence-corrected chi connectivity index (χ1v) is 9.44. The molecule has 0 bridgehead atoms. The fraction of sp³-hybridized carbons (Fsp3) is 0.182. The van der Waals surface area contributed by atoms with Crippen molar-refractivity contribution in [3.05, 3.63) is 77.5 Å². The minimum absolute atomic E-state index is 0.293. The Balaban J connectivity index is 1.51. The Morgan fingerprint density at radius 3 is 2.55 bits per heavy atom. The molecule has 3 heterocycles. The van der Waals surface area contributed by atoms with Gasteiger partial charge in [0.1, 0.15) is 18.7 Å². The summed E-state index contributed by atoms with van der Waals surface area (Å²) in [6.07, 6.45) is 3.45. The molecule has 0 fully saturated rings. The molecule has 0 radical (unpaired) electrons. The van der Waals surface area contributed by atoms with Crippen molar-refractivity contribution < 1.29 is 4.74 Å². The molecule has 0 N–H and O–H groups in total. The second kappa shape index (κ2) is 6.70. The molecule has 29 heavy (non-hydrogen) atoms. The first-order valence-electron chi connectivity index (χ1n) is 9.44. The third-order valence-corrected chi connectivity index (χ3v) is 4.95. The summed E-state index contributed by atoms with van der Waals surface area (Å²) < 4.78 is 9.50. The molecule has 0 saturated heterocycles. The van der Waals surface area contributed by atoms with Crippen molar-refractivity contribution in [1.82, 2.24) is 29.4 Å². The molecule has 0 atom stereocenters. The highest BCUT2D eigenvalue weighted by Crippen LogP contribution is 2.24. The number of hydrogen-bond donors (Lipinski definition) is 0. The van der Waals surface area contributed by atoms with Crippen LogP contribution in [0.5, 0.6) is 5.75 Å². The molecule has 0 spiro atoms. The van der Waals surface area contributed by atoms with E-state index in [1.807, 2.05) is 48.9 Å². The molecule has 0 aliphatic rings. The zero-order chi connectivity index (χ0) is 20.0. The maximum absolute atomic E-state index is 6.00. The number of rotatable bonds is 4. The van der Waals surface area contributed by atoms with Crippen LogP contribution >= 0.6 is 0 Å². The van der Waals surface area contributed by atoms with E-state index in [9.17, 15) is 0 Å². The lowest BCUT2D eigenvalue weighted by molar-refractivity contribution is 0.292. The van der Waals surface area contributed by atoms with E-state index < -0.39 is 0 Å². The van der Waals surface area contributed by atoms with Gasteiger partial charge in [-0.1, -0.05) is 30.3 Å². The van der Waals surface area contributed by atoms with Gasteiger partial charge >= 0.3 is 0 Å². The third kappa shape index (κ3) is 3.00. The average molecular weight is 384 g/mol. The quantitative estimate of drug-likeness (QED) is 0.469. The number of para-hydroxylation sites is 1. The van der Waals surface area contributed by atoms with E-state index in [1.54, 1.807) is 17.0 Å². The molecule has 2 aromatic carbocycles. The molecule has 0 saturated carbocycles. The topological polar surface area (TPSA) is 70.1 Å². The minimum atomic E-state index is 0.293. The van der Waals surface area contributed by atoms with Gasteiger partial charge in [0.25, 0.3) is 0 Å². The van der Waals surface area contributed by atoms with Gasteiger partial charge in [0.15, 0.2) is 17.1 Å². The number of aryl methyl sites for hydroxylation is 3. The van der Waals surface area contributed by atoms with Crippen molar-refractivity contribution in [2.24, 2.45) is 0 Å². The van der Waals surface area contributed by atoms with Crippen molar-refractivity contribution in [2.45, 2.75) is 27.4 Å². The zero-order valence-corrected chi connectivity index (χ0v) is 16.5. The van der Waals surface area contributed by atoms with E-state index in [1.165, 1.54) is 5.56 Å². The van der Waals surface area contributed by atoms with Crippen molar-refractivity contribution >= 4 is 16.7 Å². The zero-order valence-electron chi connectivity index (χ0n) is 16.5. The van der Waals surface area contributed by atoms with Crippen LogP contribution in [0.2, 0.25) is 0 Å². The lowest BCUT2D eigenvalue weighted by atomic mass is 10.1. The third-order valence-electron chi connectivity index (χ3n) is 4.95. The number of fused-ring (bicyclic) bond motifs is 3. The molecule has 0 amide bonds. The molecule has 0 unspecified atom stereocenters. The normalized spacial score (nSPS) is 11.4. The summed E-state index contributed by atoms with van der Waals surface area (Å²) in [6, 6.07) is 14.2. The van der Waals surface area contributed by atoms with E-state index in [0.717, 1.165) is 33.6 Å². The van der Waals surface area contributed by atoms with Gasteiger partial charge in [0, 0.05) is 0 Å². The molecule has 5 rings (SSSR count). The SMILES string of the molecule is Cc1cccc(-n2ncc3c2ncn2nc(COc4c(C)cccc4C)nc32)c1. The maximum atomic E-state index is 6.00. The van der Waals surface area contributed by atoms with Gasteiger partial charge in [-0.25, -0.2) is 19.2 Å². The smallest absolute Gasteiger partial charge is 0.189 e. The highest BCUT2D eigenvalue weighted by atomic mass is 16.5. The maximum Gasteiger partial charge on any atom is 0.189 e. The number of hydrogen-bond acceptors (Lipinski definition) is 5. The van der Waals surface area contributed by atoms with Gasteiger partial charge in [-0.2, -0.15) is 5.10 Å². The number of benzene rings is 2. The van der Waals surface area contributed by atoms with Crippen LogP contribution in [0.15, 0.2) is 55.0 Å². The van der Waals surface area contributed by atoms with E-state index in [0.29, 0.717) is 18.1 Å². The lowest BCUT2D eigenvalue weighted by Crippen LogP contribution is -2.01. The van der Waals surface area contributed by atoms with Gasteiger partial charge in [0.05, 0.1) is 17.3 Å². The second-order valence-electron chi connectivity index (χ2n) is 7.18. The van der Waals surface area contributed by atoms with Crippen molar-refractivity contribution in [1.29, 1.82) is 0 Å². The number of aromatic nitrogens is 6. The molecule has 5 aromatic rings. The first-order chi connectivity index (χ1) is 14.1. The Morgan fingerprint density at radius 2 is 1.76 bits per heavy atom. The molecule has 0 aliphatic carbocycles. The van der Waals surface area contributed by atoms with Crippen LogP contribution in [-0.4, -0.2) is 29.4 Å². The molecule has 7 heteroatoms. The van der Waals surface area contributed by atoms with E-state index >= 15 is 0 Å². The highest BCUT2D eigenvalue weighted by Gasteiger charge is 2.14. The fourth-order valence-electron chi connectivity index (χ4n) is 3.54. The predicted octanol–water partition coefficient (Wildman–Crippen LogP) is 3.97. The fourth-order valence-corrected chi connectivity index (χ4v) is 3.54. The molecule has 144 valence electrons. The first kappa shape index (κ1) is 17.4. The number of ether oxygens (including phenoxy) is 1. The summed E-state index contributed by atoms with van der Waals surface area (Å²) in [5.41, 5.74) is 5.79. The van der Waals surface area contributed by atoms with Gasteiger partial charge in [-0.05, 0) is 49.6 Å². The van der Waals surface area contributed by atoms with Crippen molar-refractivity contribution in [3.8, 4) is 11.4 Å².